The molecule has 0 radical (unpaired) electrons. The van der Waals surface area contributed by atoms with Crippen molar-refractivity contribution in [2.75, 3.05) is 6.54 Å². The van der Waals surface area contributed by atoms with E-state index in [0.29, 0.717) is 0 Å². The minimum atomic E-state index is -0.587. The summed E-state index contributed by atoms with van der Waals surface area (Å²) in [4.78, 5) is 11.9. The van der Waals surface area contributed by atoms with Gasteiger partial charge in [0.15, 0.2) is 0 Å². The molecule has 0 aromatic heterocycles. The van der Waals surface area contributed by atoms with Crippen LogP contribution in [-0.2, 0) is 11.2 Å². The van der Waals surface area contributed by atoms with Crippen LogP contribution in [0.1, 0.15) is 26.3 Å². The Morgan fingerprint density at radius 1 is 1.42 bits per heavy atom. The average Bonchev–Trinajstić information content (AvgIpc) is 2.33. The standard InChI is InChI=1S/C14H20F2N2O/c1-9(2)14(3,8-17)18-13(19)7-10-6-11(15)4-5-12(10)16/h4-6,9H,7-8,17H2,1-3H3,(H,18,19). The van der Waals surface area contributed by atoms with E-state index in [1.807, 2.05) is 20.8 Å². The van der Waals surface area contributed by atoms with Crippen LogP contribution in [0.4, 0.5) is 8.78 Å². The van der Waals surface area contributed by atoms with Crippen molar-refractivity contribution < 1.29 is 13.6 Å². The highest BCUT2D eigenvalue weighted by atomic mass is 19.1. The number of carbonyl (C=O) groups excluding carboxylic acids is 1. The van der Waals surface area contributed by atoms with E-state index in [0.717, 1.165) is 18.2 Å². The second-order valence-electron chi connectivity index (χ2n) is 5.24. The molecule has 19 heavy (non-hydrogen) atoms. The van der Waals surface area contributed by atoms with Crippen LogP contribution in [0.15, 0.2) is 18.2 Å². The highest BCUT2D eigenvalue weighted by molar-refractivity contribution is 5.79. The Kier molecular flexibility index (Phi) is 5.00. The maximum absolute atomic E-state index is 13.4. The molecule has 1 amide bonds. The molecule has 0 aliphatic heterocycles. The Balaban J connectivity index is 2.78. The lowest BCUT2D eigenvalue weighted by Gasteiger charge is -2.33. The lowest BCUT2D eigenvalue weighted by Crippen LogP contribution is -2.55. The molecular formula is C14H20F2N2O. The highest BCUT2D eigenvalue weighted by Crippen LogP contribution is 2.16. The van der Waals surface area contributed by atoms with Gasteiger partial charge in [0.25, 0.3) is 0 Å². The predicted molar refractivity (Wildman–Crippen MR) is 70.5 cm³/mol. The summed E-state index contributed by atoms with van der Waals surface area (Å²) >= 11 is 0. The maximum atomic E-state index is 13.4. The number of amides is 1. The second-order valence-corrected chi connectivity index (χ2v) is 5.24. The normalized spacial score (nSPS) is 14.3. The van der Waals surface area contributed by atoms with Crippen molar-refractivity contribution in [3.8, 4) is 0 Å². The quantitative estimate of drug-likeness (QED) is 0.859. The first-order valence-electron chi connectivity index (χ1n) is 6.23. The Morgan fingerprint density at radius 3 is 2.58 bits per heavy atom. The summed E-state index contributed by atoms with van der Waals surface area (Å²) in [5.41, 5.74) is 5.14. The van der Waals surface area contributed by atoms with Crippen LogP contribution in [0.5, 0.6) is 0 Å². The van der Waals surface area contributed by atoms with Gasteiger partial charge < -0.3 is 11.1 Å². The SMILES string of the molecule is CC(C)C(C)(CN)NC(=O)Cc1cc(F)ccc1F. The van der Waals surface area contributed by atoms with Crippen molar-refractivity contribution in [3.05, 3.63) is 35.4 Å². The van der Waals surface area contributed by atoms with Crippen LogP contribution in [0.25, 0.3) is 0 Å². The summed E-state index contributed by atoms with van der Waals surface area (Å²) in [6.45, 7) is 5.99. The van der Waals surface area contributed by atoms with E-state index in [9.17, 15) is 13.6 Å². The molecule has 0 fully saturated rings. The third-order valence-corrected chi connectivity index (χ3v) is 3.48. The number of hydrogen-bond donors (Lipinski definition) is 2. The average molecular weight is 270 g/mol. The van der Waals surface area contributed by atoms with Gasteiger partial charge in [0.05, 0.1) is 12.0 Å². The molecular weight excluding hydrogens is 250 g/mol. The highest BCUT2D eigenvalue weighted by Gasteiger charge is 2.28. The number of rotatable bonds is 5. The van der Waals surface area contributed by atoms with E-state index in [-0.39, 0.29) is 30.4 Å². The third-order valence-electron chi connectivity index (χ3n) is 3.48. The number of halogens is 2. The van der Waals surface area contributed by atoms with Crippen molar-refractivity contribution in [1.82, 2.24) is 5.32 Å². The summed E-state index contributed by atoms with van der Waals surface area (Å²) in [5.74, 6) is -1.38. The van der Waals surface area contributed by atoms with Gasteiger partial charge in [-0.1, -0.05) is 13.8 Å². The molecule has 0 saturated carbocycles. The summed E-state index contributed by atoms with van der Waals surface area (Å²) in [5, 5.41) is 2.78. The minimum Gasteiger partial charge on any atom is -0.349 e. The maximum Gasteiger partial charge on any atom is 0.225 e. The molecule has 1 aromatic rings. The van der Waals surface area contributed by atoms with Crippen LogP contribution in [0.2, 0.25) is 0 Å². The Hall–Kier alpha value is -1.49. The molecule has 0 aliphatic rings. The van der Waals surface area contributed by atoms with Crippen LogP contribution in [0, 0.1) is 17.6 Å². The molecule has 5 heteroatoms. The van der Waals surface area contributed by atoms with E-state index < -0.39 is 17.2 Å². The molecule has 0 heterocycles. The smallest absolute Gasteiger partial charge is 0.225 e. The number of hydrogen-bond acceptors (Lipinski definition) is 2. The first-order valence-corrected chi connectivity index (χ1v) is 6.23. The van der Waals surface area contributed by atoms with Gasteiger partial charge in [-0.25, -0.2) is 8.78 Å². The molecule has 1 aromatic carbocycles. The van der Waals surface area contributed by atoms with Gasteiger partial charge in [-0.05, 0) is 31.0 Å². The van der Waals surface area contributed by atoms with Gasteiger partial charge >= 0.3 is 0 Å². The molecule has 1 rings (SSSR count). The Morgan fingerprint density at radius 2 is 2.05 bits per heavy atom. The van der Waals surface area contributed by atoms with Crippen LogP contribution >= 0.6 is 0 Å². The van der Waals surface area contributed by atoms with Crippen LogP contribution in [0.3, 0.4) is 0 Å². The summed E-state index contributed by atoms with van der Waals surface area (Å²) < 4.78 is 26.4. The first kappa shape index (κ1) is 15.6. The van der Waals surface area contributed by atoms with Crippen molar-refractivity contribution in [2.45, 2.75) is 32.7 Å². The fourth-order valence-corrected chi connectivity index (χ4v) is 1.65. The molecule has 3 N–H and O–H groups in total. The van der Waals surface area contributed by atoms with E-state index in [4.69, 9.17) is 5.73 Å². The van der Waals surface area contributed by atoms with Gasteiger partial charge in [0, 0.05) is 12.1 Å². The third kappa shape index (κ3) is 3.99. The topological polar surface area (TPSA) is 55.1 Å². The van der Waals surface area contributed by atoms with Gasteiger partial charge in [0.2, 0.25) is 5.91 Å². The lowest BCUT2D eigenvalue weighted by molar-refractivity contribution is -0.122. The fourth-order valence-electron chi connectivity index (χ4n) is 1.65. The lowest BCUT2D eigenvalue weighted by atomic mass is 9.88. The monoisotopic (exact) mass is 270 g/mol. The molecule has 0 aliphatic carbocycles. The molecule has 106 valence electrons. The minimum absolute atomic E-state index is 0.0422. The van der Waals surface area contributed by atoms with E-state index in [1.54, 1.807) is 0 Å². The second kappa shape index (κ2) is 6.10. The Labute approximate surface area is 112 Å². The first-order chi connectivity index (χ1) is 8.78. The zero-order valence-corrected chi connectivity index (χ0v) is 11.5. The molecule has 0 bridgehead atoms. The van der Waals surface area contributed by atoms with Crippen LogP contribution in [-0.4, -0.2) is 18.0 Å². The van der Waals surface area contributed by atoms with Gasteiger partial charge in [0.1, 0.15) is 11.6 Å². The fraction of sp³-hybridized carbons (Fsp3) is 0.500. The van der Waals surface area contributed by atoms with Gasteiger partial charge in [-0.3, -0.25) is 4.79 Å². The number of nitrogens with one attached hydrogen (secondary N) is 1. The van der Waals surface area contributed by atoms with Crippen LogP contribution < -0.4 is 11.1 Å². The van der Waals surface area contributed by atoms with Crippen molar-refractivity contribution in [1.29, 1.82) is 0 Å². The molecule has 3 nitrogen and oxygen atoms in total. The largest absolute Gasteiger partial charge is 0.349 e. The van der Waals surface area contributed by atoms with E-state index in [1.165, 1.54) is 0 Å². The molecule has 1 atom stereocenters. The zero-order chi connectivity index (χ0) is 14.6. The predicted octanol–water partition coefficient (Wildman–Crippen LogP) is 2.00. The van der Waals surface area contributed by atoms with Gasteiger partial charge in [-0.2, -0.15) is 0 Å². The summed E-state index contributed by atoms with van der Waals surface area (Å²) in [7, 11) is 0. The summed E-state index contributed by atoms with van der Waals surface area (Å²) in [6, 6.07) is 3.07. The molecule has 0 spiro atoms. The zero-order valence-electron chi connectivity index (χ0n) is 11.5. The van der Waals surface area contributed by atoms with Crippen molar-refractivity contribution in [2.24, 2.45) is 11.7 Å². The Bertz CT molecular complexity index is 463. The van der Waals surface area contributed by atoms with Gasteiger partial charge in [-0.15, -0.1) is 0 Å². The van der Waals surface area contributed by atoms with Crippen molar-refractivity contribution in [3.63, 3.8) is 0 Å². The number of carbonyl (C=O) groups is 1. The van der Waals surface area contributed by atoms with E-state index in [2.05, 4.69) is 5.32 Å². The number of benzene rings is 1. The number of nitrogens with two attached hydrogens (primary N) is 1. The molecule has 0 saturated heterocycles. The molecule has 1 unspecified atom stereocenters. The summed E-state index contributed by atoms with van der Waals surface area (Å²) in [6.07, 6.45) is -0.202. The van der Waals surface area contributed by atoms with Crippen molar-refractivity contribution >= 4 is 5.91 Å². The van der Waals surface area contributed by atoms with E-state index >= 15 is 0 Å².